The van der Waals surface area contributed by atoms with Crippen molar-refractivity contribution in [2.24, 2.45) is 0 Å². The van der Waals surface area contributed by atoms with Crippen molar-refractivity contribution in [2.45, 2.75) is 46.3 Å². The van der Waals surface area contributed by atoms with Crippen LogP contribution in [-0.2, 0) is 4.74 Å². The Kier molecular flexibility index (Phi) is 5.75. The molecule has 0 aromatic carbocycles. The van der Waals surface area contributed by atoms with Crippen molar-refractivity contribution < 1.29 is 9.53 Å². The average molecular weight is 296 g/mol. The lowest BCUT2D eigenvalue weighted by molar-refractivity contribution is 0.0530. The minimum Gasteiger partial charge on any atom is -0.444 e. The minimum absolute atomic E-state index is 0.0703. The molecule has 0 fully saturated rings. The molecule has 1 aromatic rings. The molecule has 1 aromatic heterocycles. The predicted octanol–water partition coefficient (Wildman–Crippen LogP) is 1.76. The van der Waals surface area contributed by atoms with Crippen LogP contribution in [0.1, 0.15) is 40.7 Å². The molecule has 7 nitrogen and oxygen atoms in total. The molecule has 118 valence electrons. The number of hydrogen-bond acceptors (Lipinski definition) is 5. The SMILES string of the molecule is CC(C)n1ccnc(NCCNC(=O)OC(C)(C)C)c1=O. The van der Waals surface area contributed by atoms with Gasteiger partial charge in [-0.05, 0) is 34.6 Å². The van der Waals surface area contributed by atoms with Gasteiger partial charge in [-0.15, -0.1) is 0 Å². The molecule has 0 aliphatic heterocycles. The number of nitrogens with zero attached hydrogens (tertiary/aromatic N) is 2. The number of carbonyl (C=O) groups is 1. The highest BCUT2D eigenvalue weighted by atomic mass is 16.6. The van der Waals surface area contributed by atoms with Crippen LogP contribution in [0.3, 0.4) is 0 Å². The molecule has 0 atom stereocenters. The van der Waals surface area contributed by atoms with Crippen LogP contribution in [0.5, 0.6) is 0 Å². The molecule has 21 heavy (non-hydrogen) atoms. The van der Waals surface area contributed by atoms with Crippen LogP contribution in [0.25, 0.3) is 0 Å². The number of amides is 1. The van der Waals surface area contributed by atoms with Gasteiger partial charge in [-0.25, -0.2) is 9.78 Å². The lowest BCUT2D eigenvalue weighted by atomic mass is 10.2. The molecule has 2 N–H and O–H groups in total. The van der Waals surface area contributed by atoms with E-state index in [0.29, 0.717) is 13.1 Å². The summed E-state index contributed by atoms with van der Waals surface area (Å²) in [6.07, 6.45) is 2.74. The summed E-state index contributed by atoms with van der Waals surface area (Å²) >= 11 is 0. The summed E-state index contributed by atoms with van der Waals surface area (Å²) in [5.41, 5.74) is -0.700. The second-order valence-electron chi connectivity index (χ2n) is 5.94. The van der Waals surface area contributed by atoms with Crippen LogP contribution in [0.2, 0.25) is 0 Å². The van der Waals surface area contributed by atoms with Gasteiger partial charge in [0.15, 0.2) is 5.82 Å². The molecule has 1 amide bonds. The van der Waals surface area contributed by atoms with Crippen molar-refractivity contribution in [3.05, 3.63) is 22.7 Å². The zero-order chi connectivity index (χ0) is 16.0. The van der Waals surface area contributed by atoms with Gasteiger partial charge in [-0.3, -0.25) is 4.79 Å². The van der Waals surface area contributed by atoms with Crippen molar-refractivity contribution in [2.75, 3.05) is 18.4 Å². The number of anilines is 1. The van der Waals surface area contributed by atoms with Crippen LogP contribution < -0.4 is 16.2 Å². The molecule has 1 heterocycles. The molecule has 1 rings (SSSR count). The Morgan fingerprint density at radius 3 is 2.62 bits per heavy atom. The van der Waals surface area contributed by atoms with E-state index < -0.39 is 11.7 Å². The highest BCUT2D eigenvalue weighted by Gasteiger charge is 2.15. The first kappa shape index (κ1) is 17.0. The van der Waals surface area contributed by atoms with E-state index in [9.17, 15) is 9.59 Å². The highest BCUT2D eigenvalue weighted by Crippen LogP contribution is 2.06. The Labute approximate surface area is 124 Å². The molecule has 0 bridgehead atoms. The quantitative estimate of drug-likeness (QED) is 0.809. The second kappa shape index (κ2) is 7.10. The van der Waals surface area contributed by atoms with E-state index in [4.69, 9.17) is 4.74 Å². The summed E-state index contributed by atoms with van der Waals surface area (Å²) in [7, 11) is 0. The fourth-order valence-corrected chi connectivity index (χ4v) is 1.61. The van der Waals surface area contributed by atoms with E-state index in [1.165, 1.54) is 0 Å². The molecule has 7 heteroatoms. The Bertz CT molecular complexity index is 532. The molecular formula is C14H24N4O3. The number of ether oxygens (including phenoxy) is 1. The van der Waals surface area contributed by atoms with Crippen LogP contribution >= 0.6 is 0 Å². The zero-order valence-corrected chi connectivity index (χ0v) is 13.3. The van der Waals surface area contributed by atoms with E-state index >= 15 is 0 Å². The van der Waals surface area contributed by atoms with E-state index in [0.717, 1.165) is 0 Å². The van der Waals surface area contributed by atoms with Gasteiger partial charge in [0.1, 0.15) is 5.60 Å². The monoisotopic (exact) mass is 296 g/mol. The van der Waals surface area contributed by atoms with Crippen molar-refractivity contribution >= 4 is 11.9 Å². The van der Waals surface area contributed by atoms with Gasteiger partial charge in [0.25, 0.3) is 5.56 Å². The largest absolute Gasteiger partial charge is 0.444 e. The molecule has 0 saturated heterocycles. The number of carbonyl (C=O) groups excluding carboxylic acids is 1. The third-order valence-electron chi connectivity index (χ3n) is 2.51. The Balaban J connectivity index is 2.45. The van der Waals surface area contributed by atoms with Gasteiger partial charge >= 0.3 is 6.09 Å². The van der Waals surface area contributed by atoms with Gasteiger partial charge in [0.05, 0.1) is 0 Å². The van der Waals surface area contributed by atoms with Crippen LogP contribution in [0.15, 0.2) is 17.2 Å². The highest BCUT2D eigenvalue weighted by molar-refractivity contribution is 5.67. The first-order valence-corrected chi connectivity index (χ1v) is 6.98. The lowest BCUT2D eigenvalue weighted by Crippen LogP contribution is -2.35. The molecule has 0 saturated carbocycles. The lowest BCUT2D eigenvalue weighted by Gasteiger charge is -2.19. The van der Waals surface area contributed by atoms with Crippen molar-refractivity contribution in [3.63, 3.8) is 0 Å². The van der Waals surface area contributed by atoms with E-state index in [1.807, 2.05) is 13.8 Å². The first-order valence-electron chi connectivity index (χ1n) is 6.98. The molecule has 0 spiro atoms. The second-order valence-corrected chi connectivity index (χ2v) is 5.94. The number of alkyl carbamates (subject to hydrolysis) is 1. The van der Waals surface area contributed by atoms with Gasteiger partial charge in [0.2, 0.25) is 0 Å². The molecule has 0 radical (unpaired) electrons. The van der Waals surface area contributed by atoms with Crippen molar-refractivity contribution in [1.29, 1.82) is 0 Å². The fourth-order valence-electron chi connectivity index (χ4n) is 1.61. The van der Waals surface area contributed by atoms with Crippen LogP contribution in [0, 0.1) is 0 Å². The van der Waals surface area contributed by atoms with E-state index in [1.54, 1.807) is 37.7 Å². The maximum atomic E-state index is 12.1. The number of hydrogen-bond donors (Lipinski definition) is 2. The Hall–Kier alpha value is -2.05. The summed E-state index contributed by atoms with van der Waals surface area (Å²) < 4.78 is 6.70. The smallest absolute Gasteiger partial charge is 0.407 e. The Morgan fingerprint density at radius 1 is 1.38 bits per heavy atom. The standard InChI is InChI=1S/C14H24N4O3/c1-10(2)18-9-8-16-11(12(18)19)15-6-7-17-13(20)21-14(3,4)5/h8-10H,6-7H2,1-5H3,(H,15,16)(H,17,20). The topological polar surface area (TPSA) is 85.2 Å². The number of rotatable bonds is 5. The maximum Gasteiger partial charge on any atom is 0.407 e. The molecular weight excluding hydrogens is 272 g/mol. The molecule has 0 aliphatic rings. The van der Waals surface area contributed by atoms with Crippen molar-refractivity contribution in [1.82, 2.24) is 14.9 Å². The number of aromatic nitrogens is 2. The first-order chi connectivity index (χ1) is 9.70. The summed E-state index contributed by atoms with van der Waals surface area (Å²) in [6.45, 7) is 9.98. The summed E-state index contributed by atoms with van der Waals surface area (Å²) in [5, 5.41) is 5.52. The third-order valence-corrected chi connectivity index (χ3v) is 2.51. The van der Waals surface area contributed by atoms with E-state index in [2.05, 4.69) is 15.6 Å². The minimum atomic E-state index is -0.524. The normalized spacial score (nSPS) is 11.3. The summed E-state index contributed by atoms with van der Waals surface area (Å²) in [5.74, 6) is 0.275. The summed E-state index contributed by atoms with van der Waals surface area (Å²) in [6, 6.07) is 0.0703. The predicted molar refractivity (Wildman–Crippen MR) is 81.6 cm³/mol. The van der Waals surface area contributed by atoms with E-state index in [-0.39, 0.29) is 17.4 Å². The Morgan fingerprint density at radius 2 is 2.05 bits per heavy atom. The molecule has 0 aliphatic carbocycles. The van der Waals surface area contributed by atoms with Crippen LogP contribution in [-0.4, -0.2) is 34.3 Å². The van der Waals surface area contributed by atoms with Gasteiger partial charge in [-0.1, -0.05) is 0 Å². The maximum absolute atomic E-state index is 12.1. The third kappa shape index (κ3) is 5.85. The number of nitrogens with one attached hydrogen (secondary N) is 2. The fraction of sp³-hybridized carbons (Fsp3) is 0.643. The van der Waals surface area contributed by atoms with Gasteiger partial charge < -0.3 is 19.9 Å². The molecule has 0 unspecified atom stereocenters. The van der Waals surface area contributed by atoms with Crippen molar-refractivity contribution in [3.8, 4) is 0 Å². The zero-order valence-electron chi connectivity index (χ0n) is 13.3. The average Bonchev–Trinajstić information content (AvgIpc) is 2.33. The van der Waals surface area contributed by atoms with Crippen LogP contribution in [0.4, 0.5) is 10.6 Å². The van der Waals surface area contributed by atoms with Gasteiger partial charge in [0, 0.05) is 31.5 Å². The van der Waals surface area contributed by atoms with Gasteiger partial charge in [-0.2, -0.15) is 0 Å². The summed E-state index contributed by atoms with van der Waals surface area (Å²) in [4.78, 5) is 27.5.